The average Bonchev–Trinajstić information content (AvgIpc) is 3.40. The van der Waals surface area contributed by atoms with Crippen molar-refractivity contribution in [2.24, 2.45) is 0 Å². The third kappa shape index (κ3) is 3.34. The monoisotopic (exact) mass is 431 g/mol. The maximum Gasteiger partial charge on any atom is 0.174 e. The minimum Gasteiger partial charge on any atom is -0.351 e. The minimum absolute atomic E-state index is 0.100. The molecular weight excluding hydrogens is 414 g/mol. The van der Waals surface area contributed by atoms with Crippen molar-refractivity contribution >= 4 is 34.6 Å². The van der Waals surface area contributed by atoms with Gasteiger partial charge in [-0.25, -0.2) is 0 Å². The van der Waals surface area contributed by atoms with E-state index in [1.54, 1.807) is 12.4 Å². The van der Waals surface area contributed by atoms with Crippen LogP contribution >= 0.6 is 23.8 Å². The van der Waals surface area contributed by atoms with Gasteiger partial charge in [0.1, 0.15) is 6.04 Å². The van der Waals surface area contributed by atoms with E-state index in [4.69, 9.17) is 23.8 Å². The Hall–Kier alpha value is -3.22. The Bertz CT molecular complexity index is 1160. The highest BCUT2D eigenvalue weighted by Gasteiger charge is 2.42. The number of hydrogen-bond donors (Lipinski definition) is 1. The normalized spacial score (nSPS) is 18.4. The van der Waals surface area contributed by atoms with Crippen LogP contribution in [0.5, 0.6) is 0 Å². The van der Waals surface area contributed by atoms with Crippen LogP contribution in [0.2, 0.25) is 5.02 Å². The summed E-state index contributed by atoms with van der Waals surface area (Å²) in [6, 6.07) is 21.6. The van der Waals surface area contributed by atoms with Crippen LogP contribution in [0.25, 0.3) is 5.69 Å². The van der Waals surface area contributed by atoms with Crippen molar-refractivity contribution in [3.05, 3.63) is 108 Å². The number of hydrogen-bond acceptors (Lipinski definition) is 3. The number of anilines is 1. The third-order valence-electron chi connectivity index (χ3n) is 5.23. The molecular formula is C23H18ClN5S. The first-order valence-corrected chi connectivity index (χ1v) is 10.3. The first kappa shape index (κ1) is 18.8. The lowest BCUT2D eigenvalue weighted by molar-refractivity contribution is 0.549. The second kappa shape index (κ2) is 7.89. The quantitative estimate of drug-likeness (QED) is 0.455. The van der Waals surface area contributed by atoms with Gasteiger partial charge in [-0.2, -0.15) is 0 Å². The van der Waals surface area contributed by atoms with Crippen LogP contribution in [0.4, 0.5) is 5.69 Å². The molecule has 5 nitrogen and oxygen atoms in total. The summed E-state index contributed by atoms with van der Waals surface area (Å²) in [6.45, 7) is 0. The number of aromatic nitrogens is 3. The zero-order valence-electron chi connectivity index (χ0n) is 15.9. The van der Waals surface area contributed by atoms with Gasteiger partial charge in [-0.05, 0) is 72.9 Å². The summed E-state index contributed by atoms with van der Waals surface area (Å²) in [7, 11) is 0. The zero-order valence-corrected chi connectivity index (χ0v) is 17.5. The average molecular weight is 432 g/mol. The smallest absolute Gasteiger partial charge is 0.174 e. The summed E-state index contributed by atoms with van der Waals surface area (Å²) in [5.41, 5.74) is 4.05. The fourth-order valence-corrected chi connectivity index (χ4v) is 4.38. The molecule has 3 aromatic heterocycles. The van der Waals surface area contributed by atoms with Crippen LogP contribution < -0.4 is 10.2 Å². The Morgan fingerprint density at radius 1 is 0.867 bits per heavy atom. The molecule has 0 aliphatic carbocycles. The number of halogens is 1. The standard InChI is InChI=1S/C23H18ClN5S/c24-16-6-8-18(9-7-16)29-22(21(27-23(29)30)19-4-1-2-12-26-19)20-5-3-15-28(20)17-10-13-25-14-11-17/h1-15,21-22H,(H,27,30)/t21-,22+/m1/s1. The number of benzene rings is 1. The Balaban J connectivity index is 1.67. The van der Waals surface area contributed by atoms with Crippen molar-refractivity contribution < 1.29 is 0 Å². The van der Waals surface area contributed by atoms with Gasteiger partial charge < -0.3 is 14.8 Å². The predicted octanol–water partition coefficient (Wildman–Crippen LogP) is 5.10. The van der Waals surface area contributed by atoms with Gasteiger partial charge in [-0.3, -0.25) is 9.97 Å². The zero-order chi connectivity index (χ0) is 20.5. The van der Waals surface area contributed by atoms with E-state index in [1.165, 1.54) is 0 Å². The highest BCUT2D eigenvalue weighted by Crippen LogP contribution is 2.42. The second-order valence-corrected chi connectivity index (χ2v) is 7.80. The molecule has 1 fully saturated rings. The molecule has 0 unspecified atom stereocenters. The van der Waals surface area contributed by atoms with Crippen molar-refractivity contribution in [2.45, 2.75) is 12.1 Å². The molecule has 1 saturated heterocycles. The maximum atomic E-state index is 6.13. The van der Waals surface area contributed by atoms with E-state index in [0.29, 0.717) is 10.1 Å². The van der Waals surface area contributed by atoms with Gasteiger partial charge in [-0.1, -0.05) is 17.7 Å². The SMILES string of the molecule is S=C1N[C@H](c2ccccn2)[C@H](c2cccn2-c2ccncc2)N1c1ccc(Cl)cc1. The van der Waals surface area contributed by atoms with E-state index >= 15 is 0 Å². The van der Waals surface area contributed by atoms with Gasteiger partial charge in [0, 0.05) is 46.9 Å². The van der Waals surface area contributed by atoms with Gasteiger partial charge >= 0.3 is 0 Å². The summed E-state index contributed by atoms with van der Waals surface area (Å²) in [4.78, 5) is 10.9. The fraction of sp³-hybridized carbons (Fsp3) is 0.0870. The number of pyridine rings is 2. The van der Waals surface area contributed by atoms with Crippen molar-refractivity contribution in [3.8, 4) is 5.69 Å². The lowest BCUT2D eigenvalue weighted by Crippen LogP contribution is -2.30. The number of nitrogens with one attached hydrogen (secondary N) is 1. The number of rotatable bonds is 4. The molecule has 2 atom stereocenters. The summed E-state index contributed by atoms with van der Waals surface area (Å²) in [5, 5.41) is 4.83. The van der Waals surface area contributed by atoms with Crippen LogP contribution in [-0.2, 0) is 0 Å². The summed E-state index contributed by atoms with van der Waals surface area (Å²) in [5.74, 6) is 0. The van der Waals surface area contributed by atoms with Crippen LogP contribution in [0.15, 0.2) is 91.5 Å². The van der Waals surface area contributed by atoms with Crippen LogP contribution in [0, 0.1) is 0 Å². The van der Waals surface area contributed by atoms with Crippen LogP contribution in [0.1, 0.15) is 23.5 Å². The molecule has 7 heteroatoms. The van der Waals surface area contributed by atoms with E-state index in [2.05, 4.69) is 37.0 Å². The van der Waals surface area contributed by atoms with Crippen molar-refractivity contribution in [1.29, 1.82) is 0 Å². The van der Waals surface area contributed by atoms with Gasteiger partial charge in [-0.15, -0.1) is 0 Å². The van der Waals surface area contributed by atoms with E-state index < -0.39 is 0 Å². The largest absolute Gasteiger partial charge is 0.351 e. The maximum absolute atomic E-state index is 6.13. The molecule has 4 heterocycles. The lowest BCUT2D eigenvalue weighted by Gasteiger charge is -2.29. The molecule has 0 amide bonds. The first-order valence-electron chi connectivity index (χ1n) is 9.56. The van der Waals surface area contributed by atoms with Gasteiger partial charge in [0.25, 0.3) is 0 Å². The van der Waals surface area contributed by atoms with Crippen LogP contribution in [0.3, 0.4) is 0 Å². The molecule has 1 aliphatic rings. The molecule has 0 saturated carbocycles. The van der Waals surface area contributed by atoms with Gasteiger partial charge in [0.2, 0.25) is 0 Å². The van der Waals surface area contributed by atoms with E-state index in [-0.39, 0.29) is 12.1 Å². The van der Waals surface area contributed by atoms with Crippen molar-refractivity contribution in [2.75, 3.05) is 4.90 Å². The number of thiocarbonyl (C=S) groups is 1. The summed E-state index contributed by atoms with van der Waals surface area (Å²) >= 11 is 11.9. The van der Waals surface area contributed by atoms with E-state index in [1.807, 2.05) is 66.9 Å². The first-order chi connectivity index (χ1) is 14.7. The van der Waals surface area contributed by atoms with Gasteiger partial charge in [0.05, 0.1) is 11.7 Å². The highest BCUT2D eigenvalue weighted by atomic mass is 35.5. The molecule has 4 aromatic rings. The lowest BCUT2D eigenvalue weighted by atomic mass is 10.0. The molecule has 0 bridgehead atoms. The molecule has 148 valence electrons. The van der Waals surface area contributed by atoms with E-state index in [0.717, 1.165) is 22.8 Å². The molecule has 5 rings (SSSR count). The molecule has 1 aromatic carbocycles. The van der Waals surface area contributed by atoms with Gasteiger partial charge in [0.15, 0.2) is 5.11 Å². The molecule has 0 spiro atoms. The summed E-state index contributed by atoms with van der Waals surface area (Å²) in [6.07, 6.45) is 7.46. The number of nitrogens with zero attached hydrogens (tertiary/aromatic N) is 4. The second-order valence-electron chi connectivity index (χ2n) is 6.98. The molecule has 30 heavy (non-hydrogen) atoms. The van der Waals surface area contributed by atoms with Crippen LogP contribution in [-0.4, -0.2) is 19.6 Å². The highest BCUT2D eigenvalue weighted by molar-refractivity contribution is 7.80. The molecule has 0 radical (unpaired) electrons. The topological polar surface area (TPSA) is 46.0 Å². The Labute approximate surface area is 185 Å². The summed E-state index contributed by atoms with van der Waals surface area (Å²) < 4.78 is 2.17. The molecule has 1 aliphatic heterocycles. The van der Waals surface area contributed by atoms with Crippen molar-refractivity contribution in [3.63, 3.8) is 0 Å². The molecule has 1 N–H and O–H groups in total. The predicted molar refractivity (Wildman–Crippen MR) is 123 cm³/mol. The van der Waals surface area contributed by atoms with E-state index in [9.17, 15) is 0 Å². The third-order valence-corrected chi connectivity index (χ3v) is 5.79. The Kier molecular flexibility index (Phi) is 4.94. The Morgan fingerprint density at radius 3 is 2.40 bits per heavy atom. The van der Waals surface area contributed by atoms with Crippen molar-refractivity contribution in [1.82, 2.24) is 19.9 Å². The minimum atomic E-state index is -0.107. The fourth-order valence-electron chi connectivity index (χ4n) is 3.91. The Morgan fingerprint density at radius 2 is 1.67 bits per heavy atom.